The third kappa shape index (κ3) is 5.61. The van der Waals surface area contributed by atoms with E-state index in [4.69, 9.17) is 0 Å². The van der Waals surface area contributed by atoms with E-state index in [1.807, 2.05) is 5.73 Å². The molecule has 0 fully saturated rings. The van der Waals surface area contributed by atoms with E-state index in [1.165, 1.54) is 0 Å². The minimum Gasteiger partial charge on any atom is -0.419 e. The summed E-state index contributed by atoms with van der Waals surface area (Å²) in [5.74, 6) is -5.20. The predicted octanol–water partition coefficient (Wildman–Crippen LogP) is -2.33. The van der Waals surface area contributed by atoms with E-state index in [0.29, 0.717) is 12.5 Å². The first-order chi connectivity index (χ1) is 6.95. The highest BCUT2D eigenvalue weighted by atomic mass is 16.5. The summed E-state index contributed by atoms with van der Waals surface area (Å²) in [4.78, 5) is 41.0. The molecule has 0 radical (unpaired) electrons. The molecule has 0 saturated heterocycles. The van der Waals surface area contributed by atoms with E-state index in [9.17, 15) is 19.2 Å². The summed E-state index contributed by atoms with van der Waals surface area (Å²) >= 11 is 0. The highest BCUT2D eigenvalue weighted by Gasteiger charge is 2.08. The molecule has 4 N–H and O–H groups in total. The summed E-state index contributed by atoms with van der Waals surface area (Å²) in [7, 11) is 0. The number of nitrogens with two attached hydrogens (primary N) is 2. The van der Waals surface area contributed by atoms with Gasteiger partial charge in [0.1, 0.15) is 12.5 Å². The van der Waals surface area contributed by atoms with Crippen molar-refractivity contribution < 1.29 is 28.7 Å². The fourth-order valence-electron chi connectivity index (χ4n) is 0.319. The van der Waals surface area contributed by atoms with Crippen LogP contribution in [0.25, 0.3) is 0 Å². The molecule has 8 heteroatoms. The molecule has 15 heavy (non-hydrogen) atoms. The fraction of sp³-hybridized carbons (Fsp3) is 0. The van der Waals surface area contributed by atoms with Gasteiger partial charge >= 0.3 is 23.8 Å². The predicted molar refractivity (Wildman–Crippen MR) is 43.2 cm³/mol. The molecule has 2 amide bonds. The minimum absolute atomic E-state index is 0.612. The van der Waals surface area contributed by atoms with Crippen molar-refractivity contribution >= 4 is 23.8 Å². The van der Waals surface area contributed by atoms with Gasteiger partial charge in [0, 0.05) is 0 Å². The number of hydrogen-bond acceptors (Lipinski definition) is 6. The first-order valence-electron chi connectivity index (χ1n) is 3.35. The lowest BCUT2D eigenvalue weighted by Crippen LogP contribution is -2.24. The SMILES string of the molecule is NC(=O)C(=O)OC=C=COC(=O)C(N)=O. The van der Waals surface area contributed by atoms with Crippen molar-refractivity contribution in [3.63, 3.8) is 0 Å². The van der Waals surface area contributed by atoms with Gasteiger partial charge < -0.3 is 20.9 Å². The van der Waals surface area contributed by atoms with Gasteiger partial charge in [0.15, 0.2) is 0 Å². The van der Waals surface area contributed by atoms with Crippen LogP contribution in [0.2, 0.25) is 0 Å². The van der Waals surface area contributed by atoms with Gasteiger partial charge in [-0.25, -0.2) is 9.59 Å². The van der Waals surface area contributed by atoms with Crippen LogP contribution in [0.3, 0.4) is 0 Å². The average Bonchev–Trinajstić information content (AvgIpc) is 2.16. The second-order valence-corrected chi connectivity index (χ2v) is 1.94. The number of carbonyl (C=O) groups excluding carboxylic acids is 4. The lowest BCUT2D eigenvalue weighted by Gasteiger charge is -1.90. The van der Waals surface area contributed by atoms with Crippen LogP contribution in [0.4, 0.5) is 0 Å². The molecule has 0 heterocycles. The first kappa shape index (κ1) is 12.4. The van der Waals surface area contributed by atoms with Crippen LogP contribution >= 0.6 is 0 Å². The van der Waals surface area contributed by atoms with E-state index in [2.05, 4.69) is 20.9 Å². The summed E-state index contributed by atoms with van der Waals surface area (Å²) in [6, 6.07) is 0. The van der Waals surface area contributed by atoms with Crippen molar-refractivity contribution in [1.82, 2.24) is 0 Å². The molecule has 80 valence electrons. The molecule has 0 atom stereocenters. The third-order valence-corrected chi connectivity index (χ3v) is 0.870. The molecule has 0 aliphatic carbocycles. The Hall–Kier alpha value is -2.60. The van der Waals surface area contributed by atoms with Crippen LogP contribution < -0.4 is 11.5 Å². The maximum Gasteiger partial charge on any atom is 0.401 e. The van der Waals surface area contributed by atoms with Crippen molar-refractivity contribution in [3.05, 3.63) is 18.3 Å². The van der Waals surface area contributed by atoms with E-state index < -0.39 is 23.8 Å². The molecule has 0 aliphatic rings. The number of hydrogen-bond donors (Lipinski definition) is 2. The van der Waals surface area contributed by atoms with Gasteiger partial charge in [-0.05, 0) is 5.73 Å². The number of esters is 2. The first-order valence-corrected chi connectivity index (χ1v) is 3.35. The quantitative estimate of drug-likeness (QED) is 0.229. The van der Waals surface area contributed by atoms with Crippen LogP contribution in [0.1, 0.15) is 0 Å². The molecule has 0 aromatic heterocycles. The maximum atomic E-state index is 10.4. The smallest absolute Gasteiger partial charge is 0.401 e. The zero-order valence-electron chi connectivity index (χ0n) is 7.26. The van der Waals surface area contributed by atoms with Crippen molar-refractivity contribution in [2.45, 2.75) is 0 Å². The molecule has 0 aromatic carbocycles. The highest BCUT2D eigenvalue weighted by molar-refractivity contribution is 6.32. The topological polar surface area (TPSA) is 139 Å². The van der Waals surface area contributed by atoms with Gasteiger partial charge in [0.2, 0.25) is 0 Å². The minimum atomic E-state index is -1.31. The fourth-order valence-corrected chi connectivity index (χ4v) is 0.319. The van der Waals surface area contributed by atoms with E-state index in [1.54, 1.807) is 0 Å². The summed E-state index contributed by atoms with van der Waals surface area (Å²) < 4.78 is 8.11. The number of ether oxygens (including phenoxy) is 2. The Morgan fingerprint density at radius 3 is 1.47 bits per heavy atom. The zero-order valence-corrected chi connectivity index (χ0v) is 7.26. The molecule has 0 aliphatic heterocycles. The Morgan fingerprint density at radius 1 is 0.867 bits per heavy atom. The average molecular weight is 214 g/mol. The standard InChI is InChI=1S/C7H6N2O6/c8-4(10)6(12)14-2-1-3-15-7(13)5(9)11/h2-3H,(H2,8,10)(H2,9,11). The molecular weight excluding hydrogens is 208 g/mol. The van der Waals surface area contributed by atoms with Gasteiger partial charge in [-0.2, -0.15) is 0 Å². The number of carbonyl (C=O) groups is 4. The third-order valence-electron chi connectivity index (χ3n) is 0.870. The summed E-state index contributed by atoms with van der Waals surface area (Å²) in [6.45, 7) is 0. The van der Waals surface area contributed by atoms with E-state index in [-0.39, 0.29) is 0 Å². The molecular formula is C7H6N2O6. The Morgan fingerprint density at radius 2 is 1.20 bits per heavy atom. The summed E-state index contributed by atoms with van der Waals surface area (Å²) in [5.41, 5.74) is 11.0. The van der Waals surface area contributed by atoms with Gasteiger partial charge in [-0.3, -0.25) is 9.59 Å². The number of primary amides is 2. The highest BCUT2D eigenvalue weighted by Crippen LogP contribution is 1.80. The Balaban J connectivity index is 4.03. The molecule has 0 saturated carbocycles. The van der Waals surface area contributed by atoms with E-state index >= 15 is 0 Å². The lowest BCUT2D eigenvalue weighted by atomic mass is 10.6. The van der Waals surface area contributed by atoms with Gasteiger partial charge in [-0.15, -0.1) is 0 Å². The monoisotopic (exact) mass is 214 g/mol. The van der Waals surface area contributed by atoms with Crippen molar-refractivity contribution in [1.29, 1.82) is 0 Å². The van der Waals surface area contributed by atoms with Crippen molar-refractivity contribution in [2.75, 3.05) is 0 Å². The Kier molecular flexibility index (Phi) is 4.92. The van der Waals surface area contributed by atoms with Gasteiger partial charge in [0.25, 0.3) is 0 Å². The van der Waals surface area contributed by atoms with Gasteiger partial charge in [-0.1, -0.05) is 0 Å². The van der Waals surface area contributed by atoms with Crippen molar-refractivity contribution in [3.8, 4) is 0 Å². The van der Waals surface area contributed by atoms with E-state index in [0.717, 1.165) is 0 Å². The summed E-state index contributed by atoms with van der Waals surface area (Å²) in [5, 5.41) is 0. The Labute approximate surface area is 83.1 Å². The Bertz CT molecular complexity index is 334. The van der Waals surface area contributed by atoms with Crippen LogP contribution in [-0.2, 0) is 28.7 Å². The normalized spacial score (nSPS) is 8.00. The molecule has 0 bridgehead atoms. The molecule has 0 spiro atoms. The van der Waals surface area contributed by atoms with Crippen LogP contribution in [0.5, 0.6) is 0 Å². The molecule has 0 rings (SSSR count). The van der Waals surface area contributed by atoms with Crippen LogP contribution in [-0.4, -0.2) is 23.8 Å². The maximum absolute atomic E-state index is 10.4. The molecule has 0 aromatic rings. The van der Waals surface area contributed by atoms with Gasteiger partial charge in [0.05, 0.1) is 0 Å². The second-order valence-electron chi connectivity index (χ2n) is 1.94. The largest absolute Gasteiger partial charge is 0.419 e. The summed E-state index contributed by atoms with van der Waals surface area (Å²) in [6.07, 6.45) is 1.22. The zero-order chi connectivity index (χ0) is 11.8. The number of rotatable bonds is 2. The number of amides is 2. The molecule has 8 nitrogen and oxygen atoms in total. The van der Waals surface area contributed by atoms with Crippen molar-refractivity contribution in [2.24, 2.45) is 11.5 Å². The van der Waals surface area contributed by atoms with Crippen LogP contribution in [0.15, 0.2) is 18.3 Å². The molecule has 0 unspecified atom stereocenters. The second kappa shape index (κ2) is 5.95. The van der Waals surface area contributed by atoms with Crippen LogP contribution in [0, 0.1) is 0 Å². The lowest BCUT2D eigenvalue weighted by molar-refractivity contribution is -0.149.